The molecule has 3 rings (SSSR count). The second kappa shape index (κ2) is 7.47. The van der Waals surface area contributed by atoms with Gasteiger partial charge in [-0.05, 0) is 30.5 Å². The van der Waals surface area contributed by atoms with Crippen LogP contribution in [0.5, 0.6) is 5.75 Å². The van der Waals surface area contributed by atoms with Gasteiger partial charge in [0.05, 0.1) is 19.2 Å². The van der Waals surface area contributed by atoms with Crippen molar-refractivity contribution in [3.63, 3.8) is 0 Å². The first-order chi connectivity index (χ1) is 11.7. The molecule has 0 spiro atoms. The number of hydrogen-bond acceptors (Lipinski definition) is 4. The number of nitrogens with zero attached hydrogens (tertiary/aromatic N) is 3. The van der Waals surface area contributed by atoms with Gasteiger partial charge in [-0.25, -0.2) is 4.98 Å². The predicted octanol–water partition coefficient (Wildman–Crippen LogP) is 2.65. The second-order valence-electron chi connectivity index (χ2n) is 6.33. The van der Waals surface area contributed by atoms with Crippen LogP contribution in [-0.2, 0) is 16.9 Å². The number of benzene rings is 1. The van der Waals surface area contributed by atoms with E-state index >= 15 is 0 Å². The molecule has 0 radical (unpaired) electrons. The Labute approximate surface area is 142 Å². The molecule has 0 bridgehead atoms. The van der Waals surface area contributed by atoms with Crippen molar-refractivity contribution in [3.8, 4) is 5.75 Å². The molecule has 24 heavy (non-hydrogen) atoms. The van der Waals surface area contributed by atoms with E-state index in [1.54, 1.807) is 18.1 Å². The number of hydrogen-bond donors (Lipinski definition) is 1. The van der Waals surface area contributed by atoms with Crippen LogP contribution in [0.3, 0.4) is 0 Å². The average molecular weight is 328 g/mol. The molecule has 2 aromatic rings. The summed E-state index contributed by atoms with van der Waals surface area (Å²) in [7, 11) is 1.66. The Morgan fingerprint density at radius 3 is 2.62 bits per heavy atom. The first-order valence-electron chi connectivity index (χ1n) is 8.50. The van der Waals surface area contributed by atoms with Gasteiger partial charge in [0.15, 0.2) is 0 Å². The van der Waals surface area contributed by atoms with E-state index in [0.717, 1.165) is 37.0 Å². The lowest BCUT2D eigenvalue weighted by molar-refractivity contribution is -0.123. The molecular formula is C18H24N4O2. The first-order valence-corrected chi connectivity index (χ1v) is 8.50. The number of amides is 1. The van der Waals surface area contributed by atoms with E-state index in [-0.39, 0.29) is 11.4 Å². The minimum Gasteiger partial charge on any atom is -0.497 e. The highest BCUT2D eigenvalue weighted by Crippen LogP contribution is 2.37. The van der Waals surface area contributed by atoms with E-state index in [4.69, 9.17) is 4.74 Å². The molecule has 1 saturated carbocycles. The molecule has 0 unspecified atom stereocenters. The Morgan fingerprint density at radius 1 is 1.25 bits per heavy atom. The summed E-state index contributed by atoms with van der Waals surface area (Å²) in [6.07, 6.45) is 8.98. The predicted molar refractivity (Wildman–Crippen MR) is 90.5 cm³/mol. The van der Waals surface area contributed by atoms with Crippen LogP contribution in [0.25, 0.3) is 0 Å². The van der Waals surface area contributed by atoms with Crippen molar-refractivity contribution in [1.29, 1.82) is 0 Å². The molecule has 128 valence electrons. The number of carbonyl (C=O) groups excluding carboxylic acids is 1. The molecule has 0 atom stereocenters. The van der Waals surface area contributed by atoms with Crippen molar-refractivity contribution in [2.24, 2.45) is 0 Å². The van der Waals surface area contributed by atoms with Crippen LogP contribution in [-0.4, -0.2) is 27.8 Å². The summed E-state index contributed by atoms with van der Waals surface area (Å²) < 4.78 is 6.93. The zero-order chi connectivity index (χ0) is 16.8. The maximum Gasteiger partial charge on any atom is 0.222 e. The van der Waals surface area contributed by atoms with E-state index in [1.165, 1.54) is 12.7 Å². The molecule has 6 heteroatoms. The van der Waals surface area contributed by atoms with E-state index in [9.17, 15) is 4.79 Å². The van der Waals surface area contributed by atoms with Crippen LogP contribution in [0, 0.1) is 0 Å². The van der Waals surface area contributed by atoms with E-state index in [0.29, 0.717) is 13.0 Å². The number of carbonyl (C=O) groups is 1. The number of methoxy groups -OCH3 is 1. The Morgan fingerprint density at radius 2 is 2.00 bits per heavy atom. The van der Waals surface area contributed by atoms with Gasteiger partial charge < -0.3 is 10.1 Å². The zero-order valence-corrected chi connectivity index (χ0v) is 14.1. The Bertz CT molecular complexity index is 646. The Hall–Kier alpha value is -2.37. The average Bonchev–Trinajstić information content (AvgIpc) is 3.14. The van der Waals surface area contributed by atoms with Gasteiger partial charge in [0.1, 0.15) is 18.4 Å². The van der Waals surface area contributed by atoms with Crippen molar-refractivity contribution in [1.82, 2.24) is 20.1 Å². The van der Waals surface area contributed by atoms with Gasteiger partial charge in [0.25, 0.3) is 0 Å². The number of aryl methyl sites for hydroxylation is 1. The van der Waals surface area contributed by atoms with Gasteiger partial charge in [-0.2, -0.15) is 5.10 Å². The Kier molecular flexibility index (Phi) is 5.13. The lowest BCUT2D eigenvalue weighted by Crippen LogP contribution is -2.47. The Balaban J connectivity index is 1.71. The summed E-state index contributed by atoms with van der Waals surface area (Å²) in [5.74, 6) is 0.894. The summed E-state index contributed by atoms with van der Waals surface area (Å²) in [6.45, 7) is 0.546. The van der Waals surface area contributed by atoms with Crippen LogP contribution in [0.1, 0.15) is 44.1 Å². The normalized spacial score (nSPS) is 16.5. The minimum atomic E-state index is -0.260. The SMILES string of the molecule is COc1ccc(C2(NC(=O)CCn3cncn3)CCCCC2)cc1. The third-order valence-corrected chi connectivity index (χ3v) is 4.76. The second-order valence-corrected chi connectivity index (χ2v) is 6.33. The van der Waals surface area contributed by atoms with Crippen LogP contribution in [0.2, 0.25) is 0 Å². The van der Waals surface area contributed by atoms with Gasteiger partial charge >= 0.3 is 0 Å². The standard InChI is InChI=1S/C18H24N4O2/c1-24-16-7-5-15(6-8-16)18(10-3-2-4-11-18)21-17(23)9-12-22-14-19-13-20-22/h5-8,13-14H,2-4,9-12H2,1H3,(H,21,23). The maximum absolute atomic E-state index is 12.5. The molecule has 0 aliphatic heterocycles. The molecular weight excluding hydrogens is 304 g/mol. The molecule has 6 nitrogen and oxygen atoms in total. The van der Waals surface area contributed by atoms with Crippen molar-refractivity contribution in [2.45, 2.75) is 50.6 Å². The minimum absolute atomic E-state index is 0.0585. The highest BCUT2D eigenvalue weighted by Gasteiger charge is 2.35. The van der Waals surface area contributed by atoms with E-state index in [2.05, 4.69) is 27.5 Å². The molecule has 1 heterocycles. The third-order valence-electron chi connectivity index (χ3n) is 4.76. The molecule has 1 N–H and O–H groups in total. The number of aromatic nitrogens is 3. The van der Waals surface area contributed by atoms with Crippen LogP contribution in [0.15, 0.2) is 36.9 Å². The van der Waals surface area contributed by atoms with Gasteiger partial charge in [-0.1, -0.05) is 31.4 Å². The smallest absolute Gasteiger partial charge is 0.222 e. The van der Waals surface area contributed by atoms with Crippen LogP contribution in [0.4, 0.5) is 0 Å². The topological polar surface area (TPSA) is 69.0 Å². The number of rotatable bonds is 6. The quantitative estimate of drug-likeness (QED) is 0.885. The maximum atomic E-state index is 12.5. The van der Waals surface area contributed by atoms with Gasteiger partial charge in [-0.3, -0.25) is 9.48 Å². The molecule has 1 aliphatic rings. The zero-order valence-electron chi connectivity index (χ0n) is 14.1. The van der Waals surface area contributed by atoms with Crippen LogP contribution >= 0.6 is 0 Å². The lowest BCUT2D eigenvalue weighted by Gasteiger charge is -2.39. The highest BCUT2D eigenvalue weighted by atomic mass is 16.5. The highest BCUT2D eigenvalue weighted by molar-refractivity contribution is 5.77. The molecule has 0 saturated heterocycles. The summed E-state index contributed by atoms with van der Waals surface area (Å²) in [4.78, 5) is 16.4. The van der Waals surface area contributed by atoms with Crippen molar-refractivity contribution < 1.29 is 9.53 Å². The molecule has 1 aromatic heterocycles. The fourth-order valence-corrected chi connectivity index (χ4v) is 3.44. The molecule has 1 amide bonds. The van der Waals surface area contributed by atoms with Crippen molar-refractivity contribution in [2.75, 3.05) is 7.11 Å². The van der Waals surface area contributed by atoms with Gasteiger partial charge in [-0.15, -0.1) is 0 Å². The fraction of sp³-hybridized carbons (Fsp3) is 0.500. The van der Waals surface area contributed by atoms with Gasteiger partial charge in [0.2, 0.25) is 5.91 Å². The first kappa shape index (κ1) is 16.5. The van der Waals surface area contributed by atoms with Crippen LogP contribution < -0.4 is 10.1 Å². The summed E-state index contributed by atoms with van der Waals surface area (Å²) in [6, 6.07) is 8.07. The molecule has 1 fully saturated rings. The van der Waals surface area contributed by atoms with Crippen molar-refractivity contribution in [3.05, 3.63) is 42.5 Å². The summed E-state index contributed by atoms with van der Waals surface area (Å²) in [5, 5.41) is 7.35. The van der Waals surface area contributed by atoms with Gasteiger partial charge in [0, 0.05) is 6.42 Å². The molecule has 1 aliphatic carbocycles. The monoisotopic (exact) mass is 328 g/mol. The van der Waals surface area contributed by atoms with Crippen molar-refractivity contribution >= 4 is 5.91 Å². The fourth-order valence-electron chi connectivity index (χ4n) is 3.44. The number of nitrogens with one attached hydrogen (secondary N) is 1. The molecule has 1 aromatic carbocycles. The third kappa shape index (κ3) is 3.75. The van der Waals surface area contributed by atoms with E-state index in [1.807, 2.05) is 12.1 Å². The summed E-state index contributed by atoms with van der Waals surface area (Å²) >= 11 is 0. The lowest BCUT2D eigenvalue weighted by atomic mass is 9.76. The van der Waals surface area contributed by atoms with E-state index < -0.39 is 0 Å². The summed E-state index contributed by atoms with van der Waals surface area (Å²) in [5.41, 5.74) is 0.904. The largest absolute Gasteiger partial charge is 0.497 e. The number of ether oxygens (including phenoxy) is 1.